The molecule has 0 radical (unpaired) electrons. The lowest BCUT2D eigenvalue weighted by Crippen LogP contribution is -2.62. The molecule has 1 aromatic heterocycles. The lowest BCUT2D eigenvalue weighted by molar-refractivity contribution is -0.197. The molecule has 2 aromatic carbocycles. The van der Waals surface area contributed by atoms with Gasteiger partial charge in [-0.2, -0.15) is 5.10 Å². The second-order valence-electron chi connectivity index (χ2n) is 9.73. The Morgan fingerprint density at radius 1 is 1.09 bits per heavy atom. The molecule has 8 heteroatoms. The second-order valence-corrected chi connectivity index (χ2v) is 10.1. The highest BCUT2D eigenvalue weighted by atomic mass is 35.5. The highest BCUT2D eigenvalue weighted by Gasteiger charge is 2.57. The van der Waals surface area contributed by atoms with Crippen molar-refractivity contribution < 1.29 is 18.3 Å². The molecule has 0 aliphatic rings. The number of hydrogen-bond donors (Lipinski definition) is 0. The smallest absolute Gasteiger partial charge is 0.186 e. The lowest BCUT2D eigenvalue weighted by Gasteiger charge is -2.55. The second kappa shape index (κ2) is 10.9. The largest absolute Gasteiger partial charge is 0.490 e. The first-order chi connectivity index (χ1) is 16.6. The van der Waals surface area contributed by atoms with E-state index in [-0.39, 0.29) is 17.8 Å². The third kappa shape index (κ3) is 5.41. The van der Waals surface area contributed by atoms with E-state index in [9.17, 15) is 8.78 Å². The predicted molar refractivity (Wildman–Crippen MR) is 133 cm³/mol. The molecule has 0 bridgehead atoms. The van der Waals surface area contributed by atoms with Gasteiger partial charge in [-0.05, 0) is 36.5 Å². The molecule has 0 spiro atoms. The van der Waals surface area contributed by atoms with Gasteiger partial charge < -0.3 is 9.47 Å². The average molecular weight is 504 g/mol. The van der Waals surface area contributed by atoms with Crippen LogP contribution in [-0.2, 0) is 16.9 Å². The summed E-state index contributed by atoms with van der Waals surface area (Å²) < 4.78 is 42.4. The summed E-state index contributed by atoms with van der Waals surface area (Å²) in [6.07, 6.45) is 5.84. The van der Waals surface area contributed by atoms with E-state index >= 15 is 0 Å². The van der Waals surface area contributed by atoms with E-state index in [1.807, 2.05) is 43.3 Å². The van der Waals surface area contributed by atoms with Crippen molar-refractivity contribution >= 4 is 11.6 Å². The molecular formula is C27H32ClF2N3O2. The van der Waals surface area contributed by atoms with Gasteiger partial charge in [0.2, 0.25) is 0 Å². The van der Waals surface area contributed by atoms with Gasteiger partial charge in [0.25, 0.3) is 0 Å². The Morgan fingerprint density at radius 3 is 2.40 bits per heavy atom. The monoisotopic (exact) mass is 503 g/mol. The van der Waals surface area contributed by atoms with Gasteiger partial charge in [0.15, 0.2) is 11.6 Å². The zero-order chi connectivity index (χ0) is 25.7. The van der Waals surface area contributed by atoms with Crippen molar-refractivity contribution in [1.29, 1.82) is 0 Å². The van der Waals surface area contributed by atoms with Crippen molar-refractivity contribution in [2.45, 2.75) is 58.3 Å². The lowest BCUT2D eigenvalue weighted by atomic mass is 9.62. The number of benzene rings is 2. The summed E-state index contributed by atoms with van der Waals surface area (Å²) in [6, 6.07) is 12.2. The molecule has 1 heterocycles. The first-order valence-corrected chi connectivity index (χ1v) is 11.8. The first-order valence-electron chi connectivity index (χ1n) is 11.5. The Kier molecular flexibility index (Phi) is 8.34. The van der Waals surface area contributed by atoms with Crippen molar-refractivity contribution in [1.82, 2.24) is 14.8 Å². The predicted octanol–water partition coefficient (Wildman–Crippen LogP) is 6.97. The van der Waals surface area contributed by atoms with E-state index in [0.29, 0.717) is 19.4 Å². The van der Waals surface area contributed by atoms with E-state index in [2.05, 4.69) is 37.4 Å². The quantitative estimate of drug-likeness (QED) is 0.209. The molecule has 0 aliphatic carbocycles. The molecule has 0 amide bonds. The number of halogens is 3. The van der Waals surface area contributed by atoms with Crippen molar-refractivity contribution in [2.75, 3.05) is 6.61 Å². The van der Waals surface area contributed by atoms with Gasteiger partial charge in [-0.1, -0.05) is 68.8 Å². The number of hydrogen-bond acceptors (Lipinski definition) is 4. The highest BCUT2D eigenvalue weighted by Crippen LogP contribution is 2.50. The van der Waals surface area contributed by atoms with Crippen LogP contribution in [0.15, 0.2) is 67.8 Å². The molecule has 0 saturated carbocycles. The maximum atomic E-state index is 14.4. The van der Waals surface area contributed by atoms with Gasteiger partial charge in [-0.25, -0.2) is 18.4 Å². The summed E-state index contributed by atoms with van der Waals surface area (Å²) in [6.45, 7) is 12.8. The normalized spacial score (nSPS) is 15.3. The Hall–Kier alpha value is -2.77. The zero-order valence-corrected chi connectivity index (χ0v) is 21.4. The molecule has 5 nitrogen and oxygen atoms in total. The van der Waals surface area contributed by atoms with Crippen molar-refractivity contribution in [3.05, 3.63) is 90.0 Å². The minimum absolute atomic E-state index is 0.0961. The standard InChI is InChI=1S/C27H32ClF2N3O2/c1-6-14-27(25(2,3)4,35-17-20-10-8-7-9-11-20)26(5,33-19-31-18-32-33)15-16-34-22-13-12-21(29)23(28)24(22)30/h6-13,18-19H,1,14-17H2,2-5H3. The minimum atomic E-state index is -0.928. The van der Waals surface area contributed by atoms with Gasteiger partial charge in [-0.3, -0.25) is 0 Å². The van der Waals surface area contributed by atoms with Crippen LogP contribution in [0.3, 0.4) is 0 Å². The molecule has 188 valence electrons. The molecule has 0 fully saturated rings. The maximum Gasteiger partial charge on any atom is 0.186 e. The summed E-state index contributed by atoms with van der Waals surface area (Å²) in [7, 11) is 0. The zero-order valence-electron chi connectivity index (χ0n) is 20.6. The third-order valence-corrected chi connectivity index (χ3v) is 6.96. The van der Waals surface area contributed by atoms with Gasteiger partial charge in [0, 0.05) is 6.42 Å². The van der Waals surface area contributed by atoms with Crippen molar-refractivity contribution in [3.63, 3.8) is 0 Å². The number of ether oxygens (including phenoxy) is 2. The Balaban J connectivity index is 1.99. The summed E-state index contributed by atoms with van der Waals surface area (Å²) in [5, 5.41) is 3.87. The fourth-order valence-corrected chi connectivity index (χ4v) is 4.85. The van der Waals surface area contributed by atoms with Crippen LogP contribution < -0.4 is 4.74 Å². The van der Waals surface area contributed by atoms with Crippen LogP contribution >= 0.6 is 11.6 Å². The van der Waals surface area contributed by atoms with E-state index in [0.717, 1.165) is 11.6 Å². The molecule has 2 unspecified atom stereocenters. The molecule has 0 N–H and O–H groups in total. The van der Waals surface area contributed by atoms with Gasteiger partial charge in [-0.15, -0.1) is 6.58 Å². The van der Waals surface area contributed by atoms with E-state index in [1.54, 1.807) is 11.0 Å². The topological polar surface area (TPSA) is 49.2 Å². The van der Waals surface area contributed by atoms with Crippen LogP contribution in [0.1, 0.15) is 46.1 Å². The molecule has 0 aliphatic heterocycles. The van der Waals surface area contributed by atoms with Crippen LogP contribution in [0.25, 0.3) is 0 Å². The Bertz CT molecular complexity index is 1120. The van der Waals surface area contributed by atoms with Crippen molar-refractivity contribution in [3.8, 4) is 5.75 Å². The number of rotatable bonds is 11. The summed E-state index contributed by atoms with van der Waals surface area (Å²) >= 11 is 5.72. The Labute approximate surface area is 210 Å². The van der Waals surface area contributed by atoms with E-state index in [4.69, 9.17) is 21.1 Å². The summed E-state index contributed by atoms with van der Waals surface area (Å²) in [5.74, 6) is -1.88. The molecule has 35 heavy (non-hydrogen) atoms. The summed E-state index contributed by atoms with van der Waals surface area (Å²) in [5.41, 5.74) is -0.954. The third-order valence-electron chi connectivity index (χ3n) is 6.61. The maximum absolute atomic E-state index is 14.4. The fraction of sp³-hybridized carbons (Fsp3) is 0.407. The van der Waals surface area contributed by atoms with Gasteiger partial charge >= 0.3 is 0 Å². The average Bonchev–Trinajstić information content (AvgIpc) is 3.37. The first kappa shape index (κ1) is 26.8. The molecule has 3 rings (SSSR count). The van der Waals surface area contributed by atoms with E-state index in [1.165, 1.54) is 12.4 Å². The number of aromatic nitrogens is 3. The number of nitrogens with zero attached hydrogens (tertiary/aromatic N) is 3. The molecule has 0 saturated heterocycles. The van der Waals surface area contributed by atoms with Crippen LogP contribution in [0, 0.1) is 17.0 Å². The minimum Gasteiger partial charge on any atom is -0.490 e. The van der Waals surface area contributed by atoms with Crippen LogP contribution in [0.5, 0.6) is 5.75 Å². The van der Waals surface area contributed by atoms with Crippen LogP contribution in [0.2, 0.25) is 5.02 Å². The Morgan fingerprint density at radius 2 is 1.80 bits per heavy atom. The molecular weight excluding hydrogens is 472 g/mol. The van der Waals surface area contributed by atoms with E-state index < -0.39 is 27.8 Å². The molecule has 3 aromatic rings. The van der Waals surface area contributed by atoms with Gasteiger partial charge in [0.05, 0.1) is 18.8 Å². The molecule has 2 atom stereocenters. The fourth-order valence-electron chi connectivity index (χ4n) is 4.69. The van der Waals surface area contributed by atoms with Crippen molar-refractivity contribution in [2.24, 2.45) is 5.41 Å². The van der Waals surface area contributed by atoms with Crippen LogP contribution in [0.4, 0.5) is 8.78 Å². The summed E-state index contributed by atoms with van der Waals surface area (Å²) in [4.78, 5) is 4.17. The van der Waals surface area contributed by atoms with Gasteiger partial charge in [0.1, 0.15) is 29.1 Å². The SMILES string of the molecule is C=CCC(OCc1ccccc1)(C(C)(C)C)C(C)(CCOc1ccc(F)c(Cl)c1F)n1cncn1. The highest BCUT2D eigenvalue weighted by molar-refractivity contribution is 6.31. The van der Waals surface area contributed by atoms with Crippen LogP contribution in [-0.4, -0.2) is 27.0 Å².